The summed E-state index contributed by atoms with van der Waals surface area (Å²) in [6.45, 7) is 0.992. The topological polar surface area (TPSA) is 98.6 Å². The van der Waals surface area contributed by atoms with Crippen LogP contribution < -0.4 is 10.2 Å². The number of carbonyl (C=O) groups is 1. The number of carboxylic acid groups (broad SMARTS) is 1. The summed E-state index contributed by atoms with van der Waals surface area (Å²) in [7, 11) is 0. The normalized spacial score (nSPS) is 18.9. The summed E-state index contributed by atoms with van der Waals surface area (Å²) in [4.78, 5) is 22.1. The first kappa shape index (κ1) is 19.6. The molecule has 1 amide bonds. The zero-order chi connectivity index (χ0) is 20.5. The summed E-state index contributed by atoms with van der Waals surface area (Å²) in [5.41, 5.74) is 1.07. The first-order valence-electron chi connectivity index (χ1n) is 9.07. The van der Waals surface area contributed by atoms with Crippen molar-refractivity contribution in [2.24, 2.45) is 5.92 Å². The first-order valence-corrected chi connectivity index (χ1v) is 10.3. The zero-order valence-corrected chi connectivity index (χ0v) is 17.4. The Labute approximate surface area is 179 Å². The van der Waals surface area contributed by atoms with Crippen LogP contribution in [0.15, 0.2) is 42.5 Å². The van der Waals surface area contributed by atoms with E-state index in [2.05, 4.69) is 37.9 Å². The predicted molar refractivity (Wildman–Crippen MR) is 116 cm³/mol. The van der Waals surface area contributed by atoms with Crippen molar-refractivity contribution in [1.29, 1.82) is 0 Å². The third-order valence-electron chi connectivity index (χ3n) is 5.00. The summed E-state index contributed by atoms with van der Waals surface area (Å²) in [5, 5.41) is 22.1. The van der Waals surface area contributed by atoms with E-state index in [1.807, 2.05) is 4.90 Å². The van der Waals surface area contributed by atoms with E-state index in [4.69, 9.17) is 5.11 Å². The SMILES string of the molecule is O=C(O)NCC1CCN(c2nc(-c3ccccc3O)nc3ccc(F)cc23)C1I. The highest BCUT2D eigenvalue weighted by Crippen LogP contribution is 2.38. The van der Waals surface area contributed by atoms with Crippen LogP contribution in [0.4, 0.5) is 15.0 Å². The number of nitrogens with one attached hydrogen (secondary N) is 1. The van der Waals surface area contributed by atoms with E-state index in [1.54, 1.807) is 30.3 Å². The van der Waals surface area contributed by atoms with Crippen LogP contribution in [0.1, 0.15) is 6.42 Å². The maximum absolute atomic E-state index is 14.0. The van der Waals surface area contributed by atoms with Crippen LogP contribution in [0, 0.1) is 11.7 Å². The van der Waals surface area contributed by atoms with E-state index < -0.39 is 6.09 Å². The highest BCUT2D eigenvalue weighted by Gasteiger charge is 2.34. The van der Waals surface area contributed by atoms with Gasteiger partial charge in [0.15, 0.2) is 5.82 Å². The number of rotatable bonds is 4. The van der Waals surface area contributed by atoms with Gasteiger partial charge in [0.1, 0.15) is 17.4 Å². The minimum absolute atomic E-state index is 0.0296. The Hall–Kier alpha value is -2.69. The average Bonchev–Trinajstić information content (AvgIpc) is 3.06. The second kappa shape index (κ2) is 7.97. The van der Waals surface area contributed by atoms with Crippen molar-refractivity contribution in [2.75, 3.05) is 18.0 Å². The Balaban J connectivity index is 1.79. The Morgan fingerprint density at radius 1 is 1.28 bits per heavy atom. The van der Waals surface area contributed by atoms with E-state index in [9.17, 15) is 14.3 Å². The number of hydrogen-bond donors (Lipinski definition) is 3. The largest absolute Gasteiger partial charge is 0.507 e. The molecule has 1 aromatic heterocycles. The Morgan fingerprint density at radius 2 is 2.07 bits per heavy atom. The van der Waals surface area contributed by atoms with Crippen LogP contribution in [-0.2, 0) is 0 Å². The summed E-state index contributed by atoms with van der Waals surface area (Å²) in [6.07, 6.45) is -0.274. The van der Waals surface area contributed by atoms with Gasteiger partial charge in [-0.1, -0.05) is 34.7 Å². The predicted octanol–water partition coefficient (Wildman–Crippen LogP) is 4.00. The van der Waals surface area contributed by atoms with Gasteiger partial charge in [-0.05, 0) is 36.8 Å². The van der Waals surface area contributed by atoms with Crippen LogP contribution in [0.3, 0.4) is 0 Å². The third kappa shape index (κ3) is 3.91. The molecule has 150 valence electrons. The van der Waals surface area contributed by atoms with Crippen LogP contribution in [-0.4, -0.2) is 43.4 Å². The number of halogens is 2. The van der Waals surface area contributed by atoms with Gasteiger partial charge in [-0.15, -0.1) is 0 Å². The van der Waals surface area contributed by atoms with E-state index in [-0.39, 0.29) is 21.5 Å². The molecule has 0 spiro atoms. The molecular weight excluding hydrogens is 490 g/mol. The fourth-order valence-electron chi connectivity index (χ4n) is 3.55. The lowest BCUT2D eigenvalue weighted by Gasteiger charge is -2.26. The maximum atomic E-state index is 14.0. The number of aromatic hydroxyl groups is 1. The van der Waals surface area contributed by atoms with Gasteiger partial charge in [-0.2, -0.15) is 0 Å². The second-order valence-corrected chi connectivity index (χ2v) is 8.13. The van der Waals surface area contributed by atoms with Gasteiger partial charge < -0.3 is 20.4 Å². The lowest BCUT2D eigenvalue weighted by atomic mass is 10.1. The van der Waals surface area contributed by atoms with Gasteiger partial charge in [0.2, 0.25) is 0 Å². The molecule has 7 nitrogen and oxygen atoms in total. The van der Waals surface area contributed by atoms with Crippen molar-refractivity contribution in [3.8, 4) is 17.1 Å². The number of hydrogen-bond acceptors (Lipinski definition) is 5. The van der Waals surface area contributed by atoms with Crippen molar-refractivity contribution in [3.63, 3.8) is 0 Å². The van der Waals surface area contributed by atoms with Crippen LogP contribution in [0.25, 0.3) is 22.3 Å². The molecule has 29 heavy (non-hydrogen) atoms. The van der Waals surface area contributed by atoms with Gasteiger partial charge in [0, 0.05) is 24.4 Å². The van der Waals surface area contributed by atoms with Crippen molar-refractivity contribution >= 4 is 45.4 Å². The van der Waals surface area contributed by atoms with Crippen LogP contribution >= 0.6 is 22.6 Å². The van der Waals surface area contributed by atoms with Gasteiger partial charge in [0.05, 0.1) is 15.1 Å². The van der Waals surface area contributed by atoms with Crippen LogP contribution in [0.5, 0.6) is 5.75 Å². The van der Waals surface area contributed by atoms with E-state index in [0.717, 1.165) is 6.42 Å². The molecule has 1 aliphatic rings. The number of benzene rings is 2. The van der Waals surface area contributed by atoms with Crippen molar-refractivity contribution in [1.82, 2.24) is 15.3 Å². The Kier molecular flexibility index (Phi) is 5.39. The second-order valence-electron chi connectivity index (χ2n) is 6.85. The minimum Gasteiger partial charge on any atom is -0.507 e. The summed E-state index contributed by atoms with van der Waals surface area (Å²) >= 11 is 2.27. The molecule has 3 N–H and O–H groups in total. The lowest BCUT2D eigenvalue weighted by Crippen LogP contribution is -2.34. The molecule has 2 aromatic carbocycles. The average molecular weight is 508 g/mol. The molecule has 0 bridgehead atoms. The molecule has 1 saturated heterocycles. The molecule has 3 aromatic rings. The highest BCUT2D eigenvalue weighted by atomic mass is 127. The van der Waals surface area contributed by atoms with Gasteiger partial charge in [-0.25, -0.2) is 19.2 Å². The molecule has 1 aliphatic heterocycles. The maximum Gasteiger partial charge on any atom is 0.404 e. The quantitative estimate of drug-likeness (QED) is 0.280. The molecule has 2 heterocycles. The van der Waals surface area contributed by atoms with Crippen molar-refractivity contribution in [3.05, 3.63) is 48.3 Å². The number of phenols is 1. The fraction of sp³-hybridized carbons (Fsp3) is 0.250. The molecule has 1 fully saturated rings. The van der Waals surface area contributed by atoms with Crippen molar-refractivity contribution in [2.45, 2.75) is 10.5 Å². The molecule has 2 unspecified atom stereocenters. The monoisotopic (exact) mass is 508 g/mol. The fourth-order valence-corrected chi connectivity index (χ4v) is 4.70. The number of nitrogens with zero attached hydrogens (tertiary/aromatic N) is 3. The lowest BCUT2D eigenvalue weighted by molar-refractivity contribution is 0.192. The molecular formula is C20H18FIN4O3. The summed E-state index contributed by atoms with van der Waals surface area (Å²) in [5.74, 6) is 0.707. The van der Waals surface area contributed by atoms with E-state index >= 15 is 0 Å². The molecule has 4 rings (SSSR count). The van der Waals surface area contributed by atoms with E-state index in [1.165, 1.54) is 12.1 Å². The number of phenolic OH excluding ortho intramolecular Hbond substituents is 1. The van der Waals surface area contributed by atoms with Gasteiger partial charge in [-0.3, -0.25) is 0 Å². The molecule has 0 aliphatic carbocycles. The molecule has 9 heteroatoms. The minimum atomic E-state index is -1.05. The summed E-state index contributed by atoms with van der Waals surface area (Å²) in [6, 6.07) is 11.2. The zero-order valence-electron chi connectivity index (χ0n) is 15.2. The van der Waals surface area contributed by atoms with Gasteiger partial charge in [0.25, 0.3) is 0 Å². The molecule has 2 atom stereocenters. The van der Waals surface area contributed by atoms with E-state index in [0.29, 0.717) is 41.2 Å². The number of alkyl halides is 1. The molecule has 0 radical (unpaired) electrons. The molecule has 0 saturated carbocycles. The van der Waals surface area contributed by atoms with Crippen LogP contribution in [0.2, 0.25) is 0 Å². The number of amides is 1. The Bertz CT molecular complexity index is 1080. The number of para-hydroxylation sites is 1. The Morgan fingerprint density at radius 3 is 2.83 bits per heavy atom. The van der Waals surface area contributed by atoms with Crippen molar-refractivity contribution < 1.29 is 19.4 Å². The number of aromatic nitrogens is 2. The highest BCUT2D eigenvalue weighted by molar-refractivity contribution is 14.1. The standard InChI is InChI=1S/C20H18FIN4O3/c21-12-5-6-15-14(9-12)19(25-18(24-15)13-3-1-2-4-16(13)27)26-8-7-11(17(26)22)10-23-20(28)29/h1-6,9,11,17,23,27H,7-8,10H2,(H,28,29). The number of fused-ring (bicyclic) bond motifs is 1. The number of anilines is 1. The smallest absolute Gasteiger partial charge is 0.404 e. The third-order valence-corrected chi connectivity index (χ3v) is 6.69. The van der Waals surface area contributed by atoms with Gasteiger partial charge >= 0.3 is 6.09 Å². The summed E-state index contributed by atoms with van der Waals surface area (Å²) < 4.78 is 14.0. The first-order chi connectivity index (χ1) is 13.9.